The van der Waals surface area contributed by atoms with E-state index in [-0.39, 0.29) is 31.4 Å². The second-order valence-corrected chi connectivity index (χ2v) is 11.5. The Hall–Kier alpha value is -2.97. The number of benzene rings is 1. The number of unbranched alkanes of at least 4 members (excludes halogenated alkanes) is 2. The number of rotatable bonds is 14. The van der Waals surface area contributed by atoms with Crippen molar-refractivity contribution in [3.8, 4) is 5.75 Å². The maximum Gasteiger partial charge on any atom is 0.303 e. The predicted molar refractivity (Wildman–Crippen MR) is 153 cm³/mol. The van der Waals surface area contributed by atoms with Gasteiger partial charge in [-0.15, -0.1) is 0 Å². The van der Waals surface area contributed by atoms with E-state index in [1.807, 2.05) is 45.9 Å². The number of hydrogen-bond acceptors (Lipinski definition) is 6. The number of aliphatic hydroxyl groups is 2. The summed E-state index contributed by atoms with van der Waals surface area (Å²) >= 11 is 0. The normalized spacial score (nSPS) is 22.2. The standard InChI is InChI=1S/C32H45NO7/c1-5-9-23-17-24-29(32(40)33(31(24)39)13-8-6-7-10-27(36)37)25(18-34)28(23)26(35)12-11-19(2)14-22-15-20(3)30(38)21(4)16-22/h14-16,24-26,29,34-35,38H,5-13,17-18H2,1-4H3,(H,36,37)/b19-14+/t24-,25+,26-,29-/m1/s1. The summed E-state index contributed by atoms with van der Waals surface area (Å²) in [5.41, 5.74) is 5.36. The molecule has 220 valence electrons. The Kier molecular flexibility index (Phi) is 11.1. The van der Waals surface area contributed by atoms with Crippen LogP contribution in [0.3, 0.4) is 0 Å². The maximum absolute atomic E-state index is 13.4. The van der Waals surface area contributed by atoms with Crippen molar-refractivity contribution in [1.29, 1.82) is 0 Å². The van der Waals surface area contributed by atoms with E-state index in [4.69, 9.17) is 5.11 Å². The van der Waals surface area contributed by atoms with Crippen LogP contribution < -0.4 is 0 Å². The van der Waals surface area contributed by atoms with Gasteiger partial charge in [-0.05, 0) is 93.7 Å². The summed E-state index contributed by atoms with van der Waals surface area (Å²) < 4.78 is 0. The average molecular weight is 556 g/mol. The highest BCUT2D eigenvalue weighted by Gasteiger charge is 2.54. The zero-order valence-electron chi connectivity index (χ0n) is 24.3. The first-order valence-electron chi connectivity index (χ1n) is 14.5. The molecule has 0 spiro atoms. The maximum atomic E-state index is 13.4. The molecule has 40 heavy (non-hydrogen) atoms. The molecule has 1 saturated heterocycles. The first-order valence-corrected chi connectivity index (χ1v) is 14.5. The highest BCUT2D eigenvalue weighted by atomic mass is 16.4. The van der Waals surface area contributed by atoms with Crippen LogP contribution in [0.5, 0.6) is 5.75 Å². The van der Waals surface area contributed by atoms with E-state index in [2.05, 4.69) is 0 Å². The highest BCUT2D eigenvalue weighted by molar-refractivity contribution is 6.05. The number of fused-ring (bicyclic) bond motifs is 1. The number of phenols is 1. The number of imide groups is 1. The van der Waals surface area contributed by atoms with Gasteiger partial charge in [-0.3, -0.25) is 19.3 Å². The Balaban J connectivity index is 1.75. The molecule has 2 aliphatic rings. The van der Waals surface area contributed by atoms with Crippen molar-refractivity contribution in [2.75, 3.05) is 13.2 Å². The summed E-state index contributed by atoms with van der Waals surface area (Å²) in [6.45, 7) is 7.70. The van der Waals surface area contributed by atoms with Crippen molar-refractivity contribution < 1.29 is 34.8 Å². The average Bonchev–Trinajstić information content (AvgIpc) is 3.13. The van der Waals surface area contributed by atoms with Crippen molar-refractivity contribution in [3.63, 3.8) is 0 Å². The minimum atomic E-state index is -0.859. The second kappa shape index (κ2) is 14.1. The lowest BCUT2D eigenvalue weighted by atomic mass is 9.67. The fraction of sp³-hybridized carbons (Fsp3) is 0.594. The van der Waals surface area contributed by atoms with Gasteiger partial charge < -0.3 is 20.4 Å². The van der Waals surface area contributed by atoms with Crippen molar-refractivity contribution >= 4 is 23.9 Å². The third-order valence-corrected chi connectivity index (χ3v) is 8.39. The van der Waals surface area contributed by atoms with E-state index >= 15 is 0 Å². The van der Waals surface area contributed by atoms with Crippen molar-refractivity contribution in [1.82, 2.24) is 4.90 Å². The van der Waals surface area contributed by atoms with Crippen molar-refractivity contribution in [3.05, 3.63) is 45.5 Å². The lowest BCUT2D eigenvalue weighted by molar-refractivity contribution is -0.141. The van der Waals surface area contributed by atoms with Gasteiger partial charge in [0.05, 0.1) is 24.5 Å². The van der Waals surface area contributed by atoms with Gasteiger partial charge in [0.15, 0.2) is 0 Å². The number of hydrogen-bond donors (Lipinski definition) is 4. The van der Waals surface area contributed by atoms with Gasteiger partial charge in [-0.25, -0.2) is 0 Å². The van der Waals surface area contributed by atoms with Crippen LogP contribution in [0.1, 0.15) is 88.3 Å². The number of carbonyl (C=O) groups excluding carboxylic acids is 2. The van der Waals surface area contributed by atoms with Crippen LogP contribution in [0, 0.1) is 31.6 Å². The Morgan fingerprint density at radius 1 is 1.10 bits per heavy atom. The number of carboxylic acids is 1. The molecule has 8 nitrogen and oxygen atoms in total. The first-order chi connectivity index (χ1) is 19.0. The Bertz CT molecular complexity index is 1140. The van der Waals surface area contributed by atoms with E-state index < -0.39 is 29.8 Å². The molecule has 0 aromatic heterocycles. The third-order valence-electron chi connectivity index (χ3n) is 8.39. The monoisotopic (exact) mass is 555 g/mol. The van der Waals surface area contributed by atoms with E-state index in [9.17, 15) is 29.7 Å². The number of aliphatic carboxylic acids is 1. The SMILES string of the molecule is CCCC1=C([C@H](O)CC/C(C)=C/c2cc(C)c(O)c(C)c2)[C@H](CO)[C@@H]2C(=O)N(CCCCCC(=O)O)C(=O)[C@@H]2C1. The van der Waals surface area contributed by atoms with E-state index in [0.29, 0.717) is 50.7 Å². The topological polar surface area (TPSA) is 135 Å². The Morgan fingerprint density at radius 3 is 2.38 bits per heavy atom. The summed E-state index contributed by atoms with van der Waals surface area (Å²) in [6.07, 6.45) is 5.92. The molecule has 1 aromatic rings. The van der Waals surface area contributed by atoms with Crippen LogP contribution in [0.2, 0.25) is 0 Å². The molecule has 1 heterocycles. The van der Waals surface area contributed by atoms with Gasteiger partial charge in [0.25, 0.3) is 0 Å². The van der Waals surface area contributed by atoms with Gasteiger partial charge in [-0.1, -0.05) is 37.0 Å². The summed E-state index contributed by atoms with van der Waals surface area (Å²) in [5, 5.41) is 40.8. The summed E-state index contributed by atoms with van der Waals surface area (Å²) in [5.74, 6) is -2.88. The van der Waals surface area contributed by atoms with Crippen LogP contribution in [-0.2, 0) is 14.4 Å². The number of phenolic OH excluding ortho intramolecular Hbond substituents is 1. The molecule has 2 amide bonds. The quantitative estimate of drug-likeness (QED) is 0.146. The lowest BCUT2D eigenvalue weighted by Crippen LogP contribution is -2.39. The molecular weight excluding hydrogens is 510 g/mol. The number of allylic oxidation sites excluding steroid dienone is 2. The van der Waals surface area contributed by atoms with Crippen LogP contribution in [0.25, 0.3) is 6.08 Å². The van der Waals surface area contributed by atoms with Crippen molar-refractivity contribution in [2.45, 2.75) is 91.6 Å². The molecule has 0 bridgehead atoms. The molecule has 1 aromatic carbocycles. The Morgan fingerprint density at radius 2 is 1.77 bits per heavy atom. The summed E-state index contributed by atoms with van der Waals surface area (Å²) in [4.78, 5) is 38.8. The van der Waals surface area contributed by atoms with Gasteiger partial charge in [0, 0.05) is 18.9 Å². The number of amides is 2. The summed E-state index contributed by atoms with van der Waals surface area (Å²) in [7, 11) is 0. The summed E-state index contributed by atoms with van der Waals surface area (Å²) in [6, 6.07) is 3.85. The lowest BCUT2D eigenvalue weighted by Gasteiger charge is -2.36. The molecule has 0 saturated carbocycles. The predicted octanol–water partition coefficient (Wildman–Crippen LogP) is 4.91. The minimum Gasteiger partial charge on any atom is -0.507 e. The van der Waals surface area contributed by atoms with Crippen LogP contribution in [0.4, 0.5) is 0 Å². The first kappa shape index (κ1) is 31.6. The second-order valence-electron chi connectivity index (χ2n) is 11.5. The molecular formula is C32H45NO7. The number of carboxylic acid groups (broad SMARTS) is 1. The zero-order valence-corrected chi connectivity index (χ0v) is 24.3. The van der Waals surface area contributed by atoms with Crippen molar-refractivity contribution in [2.24, 2.45) is 17.8 Å². The van der Waals surface area contributed by atoms with E-state index in [0.717, 1.165) is 39.8 Å². The molecule has 3 rings (SSSR count). The minimum absolute atomic E-state index is 0.0637. The van der Waals surface area contributed by atoms with Gasteiger partial charge in [-0.2, -0.15) is 0 Å². The largest absolute Gasteiger partial charge is 0.507 e. The number of aryl methyl sites for hydroxylation is 2. The molecule has 0 radical (unpaired) electrons. The van der Waals surface area contributed by atoms with Crippen LogP contribution in [0.15, 0.2) is 28.9 Å². The third kappa shape index (κ3) is 7.21. The highest BCUT2D eigenvalue weighted by Crippen LogP contribution is 2.47. The number of aromatic hydroxyl groups is 1. The molecule has 0 unspecified atom stereocenters. The van der Waals surface area contributed by atoms with E-state index in [1.54, 1.807) is 0 Å². The van der Waals surface area contributed by atoms with Gasteiger partial charge in [0.1, 0.15) is 5.75 Å². The van der Waals surface area contributed by atoms with Crippen LogP contribution >= 0.6 is 0 Å². The Labute approximate surface area is 237 Å². The number of likely N-dealkylation sites (tertiary alicyclic amines) is 1. The molecule has 1 aliphatic carbocycles. The molecule has 4 atom stereocenters. The number of nitrogens with zero attached hydrogens (tertiary/aromatic N) is 1. The molecule has 1 aliphatic heterocycles. The number of carbonyl (C=O) groups is 3. The fourth-order valence-electron chi connectivity index (χ4n) is 6.46. The van der Waals surface area contributed by atoms with Gasteiger partial charge in [0.2, 0.25) is 11.8 Å². The smallest absolute Gasteiger partial charge is 0.303 e. The zero-order chi connectivity index (χ0) is 29.6. The molecule has 4 N–H and O–H groups in total. The molecule has 8 heteroatoms. The van der Waals surface area contributed by atoms with E-state index in [1.165, 1.54) is 4.90 Å². The number of aliphatic hydroxyl groups excluding tert-OH is 2. The van der Waals surface area contributed by atoms with Gasteiger partial charge >= 0.3 is 5.97 Å². The fourth-order valence-corrected chi connectivity index (χ4v) is 6.46. The van der Waals surface area contributed by atoms with Crippen LogP contribution in [-0.4, -0.2) is 62.4 Å². The molecule has 1 fully saturated rings.